The molecule has 122 valence electrons. The van der Waals surface area contributed by atoms with Crippen molar-refractivity contribution in [2.75, 3.05) is 11.8 Å². The van der Waals surface area contributed by atoms with Crippen LogP contribution in [0.1, 0.15) is 27.2 Å². The number of fused-ring (bicyclic) bond motifs is 1. The molecule has 3 rings (SSSR count). The van der Waals surface area contributed by atoms with Crippen LogP contribution >= 0.6 is 22.9 Å². The number of carbonyl (C=O) groups is 1. The summed E-state index contributed by atoms with van der Waals surface area (Å²) >= 11 is 7.08. The molecule has 1 aliphatic rings. The minimum atomic E-state index is -3.79. The minimum Gasteiger partial charge on any atom is -0.465 e. The second-order valence-electron chi connectivity index (χ2n) is 5.11. The first kappa shape index (κ1) is 16.3. The maximum Gasteiger partial charge on any atom is 0.341 e. The minimum absolute atomic E-state index is 0.0891. The first-order chi connectivity index (χ1) is 10.9. The molecule has 5 nitrogen and oxygen atoms in total. The van der Waals surface area contributed by atoms with Gasteiger partial charge in [0.25, 0.3) is 10.0 Å². The maximum absolute atomic E-state index is 12.5. The molecule has 0 amide bonds. The van der Waals surface area contributed by atoms with Crippen molar-refractivity contribution in [3.8, 4) is 0 Å². The molecule has 0 saturated heterocycles. The second kappa shape index (κ2) is 6.14. The van der Waals surface area contributed by atoms with Crippen LogP contribution in [0.2, 0.25) is 5.02 Å². The number of ether oxygens (including phenoxy) is 1. The lowest BCUT2D eigenvalue weighted by Gasteiger charge is -2.09. The van der Waals surface area contributed by atoms with Crippen LogP contribution in [0.4, 0.5) is 5.00 Å². The van der Waals surface area contributed by atoms with Gasteiger partial charge in [-0.05, 0) is 49.1 Å². The summed E-state index contributed by atoms with van der Waals surface area (Å²) in [5.41, 5.74) is 1.23. The van der Waals surface area contributed by atoms with Crippen molar-refractivity contribution in [2.24, 2.45) is 0 Å². The highest BCUT2D eigenvalue weighted by Crippen LogP contribution is 2.40. The predicted octanol–water partition coefficient (Wildman–Crippen LogP) is 3.48. The summed E-state index contributed by atoms with van der Waals surface area (Å²) in [6, 6.07) is 5.85. The van der Waals surface area contributed by atoms with Crippen molar-refractivity contribution in [3.05, 3.63) is 45.3 Å². The highest BCUT2D eigenvalue weighted by molar-refractivity contribution is 7.93. The fourth-order valence-electron chi connectivity index (χ4n) is 2.59. The van der Waals surface area contributed by atoms with E-state index in [0.717, 1.165) is 29.7 Å². The van der Waals surface area contributed by atoms with Crippen LogP contribution in [-0.4, -0.2) is 21.5 Å². The first-order valence-electron chi connectivity index (χ1n) is 6.93. The number of thiophene rings is 1. The van der Waals surface area contributed by atoms with E-state index in [2.05, 4.69) is 4.72 Å². The molecule has 0 unspecified atom stereocenters. The third-order valence-corrected chi connectivity index (χ3v) is 6.62. The van der Waals surface area contributed by atoms with Crippen molar-refractivity contribution in [1.29, 1.82) is 0 Å². The lowest BCUT2D eigenvalue weighted by atomic mass is 10.1. The van der Waals surface area contributed by atoms with Gasteiger partial charge < -0.3 is 4.74 Å². The Hall–Kier alpha value is -1.57. The third kappa shape index (κ3) is 3.08. The van der Waals surface area contributed by atoms with Crippen molar-refractivity contribution < 1.29 is 17.9 Å². The number of anilines is 1. The normalized spacial score (nSPS) is 13.7. The fraction of sp³-hybridized carbons (Fsp3) is 0.267. The lowest BCUT2D eigenvalue weighted by Crippen LogP contribution is -2.15. The molecule has 1 aromatic heterocycles. The number of carbonyl (C=O) groups excluding carboxylic acids is 1. The van der Waals surface area contributed by atoms with Gasteiger partial charge in [0, 0.05) is 9.90 Å². The highest BCUT2D eigenvalue weighted by Gasteiger charge is 2.29. The Labute approximate surface area is 143 Å². The zero-order chi connectivity index (χ0) is 16.6. The molecule has 1 aromatic carbocycles. The summed E-state index contributed by atoms with van der Waals surface area (Å²) in [5.74, 6) is -0.516. The third-order valence-electron chi connectivity index (χ3n) is 3.66. The number of hydrogen-bond donors (Lipinski definition) is 1. The first-order valence-corrected chi connectivity index (χ1v) is 9.61. The van der Waals surface area contributed by atoms with Crippen molar-refractivity contribution in [2.45, 2.75) is 24.2 Å². The van der Waals surface area contributed by atoms with Gasteiger partial charge in [0.15, 0.2) is 0 Å². The molecule has 0 atom stereocenters. The van der Waals surface area contributed by atoms with Crippen LogP contribution in [0.3, 0.4) is 0 Å². The van der Waals surface area contributed by atoms with Crippen LogP contribution in [0, 0.1) is 0 Å². The predicted molar refractivity (Wildman–Crippen MR) is 89.9 cm³/mol. The van der Waals surface area contributed by atoms with E-state index in [4.69, 9.17) is 16.3 Å². The molecule has 0 fully saturated rings. The van der Waals surface area contributed by atoms with Gasteiger partial charge in [0.2, 0.25) is 0 Å². The zero-order valence-corrected chi connectivity index (χ0v) is 14.6. The lowest BCUT2D eigenvalue weighted by molar-refractivity contribution is 0.0601. The number of methoxy groups -OCH3 is 1. The Morgan fingerprint density at radius 1 is 1.26 bits per heavy atom. The van der Waals surface area contributed by atoms with E-state index >= 15 is 0 Å². The topological polar surface area (TPSA) is 72.5 Å². The standard InChI is InChI=1S/C15H14ClNO4S2/c1-21-15(18)13-11-3-2-4-12(11)22-14(13)17-23(19,20)10-7-5-9(16)6-8-10/h5-8,17H,2-4H2,1H3. The van der Waals surface area contributed by atoms with Gasteiger partial charge in [-0.3, -0.25) is 4.72 Å². The van der Waals surface area contributed by atoms with Gasteiger partial charge >= 0.3 is 5.97 Å². The SMILES string of the molecule is COC(=O)c1c(NS(=O)(=O)c2ccc(Cl)cc2)sc2c1CCC2. The van der Waals surface area contributed by atoms with E-state index in [0.29, 0.717) is 15.6 Å². The number of rotatable bonds is 4. The molecular formula is C15H14ClNO4S2. The number of sulfonamides is 1. The Balaban J connectivity index is 2.00. The molecule has 0 saturated carbocycles. The maximum atomic E-state index is 12.5. The number of nitrogens with one attached hydrogen (secondary N) is 1. The van der Waals surface area contributed by atoms with E-state index < -0.39 is 16.0 Å². The Kier molecular flexibility index (Phi) is 4.35. The fourth-order valence-corrected chi connectivity index (χ4v) is 5.30. The summed E-state index contributed by atoms with van der Waals surface area (Å²) in [7, 11) is -2.50. The highest BCUT2D eigenvalue weighted by atomic mass is 35.5. The molecule has 1 aliphatic carbocycles. The molecule has 0 aliphatic heterocycles. The van der Waals surface area contributed by atoms with Crippen molar-refractivity contribution in [3.63, 3.8) is 0 Å². The van der Waals surface area contributed by atoms with Gasteiger partial charge in [0.05, 0.1) is 17.6 Å². The quantitative estimate of drug-likeness (QED) is 0.835. The molecule has 2 aromatic rings. The van der Waals surface area contributed by atoms with Gasteiger partial charge in [-0.15, -0.1) is 11.3 Å². The summed E-state index contributed by atoms with van der Waals surface area (Å²) in [6.45, 7) is 0. The Bertz CT molecular complexity index is 856. The summed E-state index contributed by atoms with van der Waals surface area (Å²) in [4.78, 5) is 13.2. The molecule has 0 bridgehead atoms. The van der Waals surface area contributed by atoms with E-state index in [9.17, 15) is 13.2 Å². The Morgan fingerprint density at radius 3 is 2.61 bits per heavy atom. The van der Waals surface area contributed by atoms with Crippen LogP contribution in [0.5, 0.6) is 0 Å². The average Bonchev–Trinajstić information content (AvgIpc) is 3.07. The molecule has 1 N–H and O–H groups in total. The molecule has 8 heteroatoms. The summed E-state index contributed by atoms with van der Waals surface area (Å²) < 4.78 is 32.3. The van der Waals surface area contributed by atoms with Crippen LogP contribution in [0.25, 0.3) is 0 Å². The van der Waals surface area contributed by atoms with Crippen LogP contribution < -0.4 is 4.72 Å². The molecule has 0 spiro atoms. The Morgan fingerprint density at radius 2 is 1.96 bits per heavy atom. The van der Waals surface area contributed by atoms with E-state index in [-0.39, 0.29) is 4.90 Å². The van der Waals surface area contributed by atoms with Gasteiger partial charge in [-0.25, -0.2) is 13.2 Å². The van der Waals surface area contributed by atoms with E-state index in [1.807, 2.05) is 0 Å². The second-order valence-corrected chi connectivity index (χ2v) is 8.34. The summed E-state index contributed by atoms with van der Waals surface area (Å²) in [6.07, 6.45) is 2.58. The number of halogens is 1. The molecule has 1 heterocycles. The van der Waals surface area contributed by atoms with Crippen LogP contribution in [0.15, 0.2) is 29.2 Å². The summed E-state index contributed by atoms with van der Waals surface area (Å²) in [5, 5.41) is 0.769. The van der Waals surface area contributed by atoms with Crippen molar-refractivity contribution in [1.82, 2.24) is 0 Å². The van der Waals surface area contributed by atoms with Gasteiger partial charge in [0.1, 0.15) is 5.00 Å². The van der Waals surface area contributed by atoms with E-state index in [1.165, 1.54) is 42.7 Å². The van der Waals surface area contributed by atoms with Gasteiger partial charge in [-0.2, -0.15) is 0 Å². The van der Waals surface area contributed by atoms with Gasteiger partial charge in [-0.1, -0.05) is 11.6 Å². The smallest absolute Gasteiger partial charge is 0.341 e. The zero-order valence-electron chi connectivity index (χ0n) is 12.3. The molecule has 0 radical (unpaired) electrons. The molecule has 23 heavy (non-hydrogen) atoms. The van der Waals surface area contributed by atoms with E-state index in [1.54, 1.807) is 0 Å². The number of hydrogen-bond acceptors (Lipinski definition) is 5. The largest absolute Gasteiger partial charge is 0.465 e. The number of esters is 1. The average molecular weight is 372 g/mol. The van der Waals surface area contributed by atoms with Crippen LogP contribution in [-0.2, 0) is 27.6 Å². The number of aryl methyl sites for hydroxylation is 1. The monoisotopic (exact) mass is 371 g/mol. The number of benzene rings is 1. The van der Waals surface area contributed by atoms with Crippen molar-refractivity contribution >= 4 is 43.9 Å². The molecular weight excluding hydrogens is 358 g/mol.